The Hall–Kier alpha value is -1.56. The molecule has 0 radical (unpaired) electrons. The van der Waals surface area contributed by atoms with E-state index in [9.17, 15) is 10.2 Å². The van der Waals surface area contributed by atoms with Crippen LogP contribution in [0.3, 0.4) is 0 Å². The highest BCUT2D eigenvalue weighted by atomic mass is 16.6. The maximum Gasteiger partial charge on any atom is 0.165 e. The van der Waals surface area contributed by atoms with Crippen molar-refractivity contribution in [3.8, 4) is 11.5 Å². The van der Waals surface area contributed by atoms with E-state index in [0.29, 0.717) is 18.2 Å². The van der Waals surface area contributed by atoms with E-state index in [4.69, 9.17) is 9.47 Å². The number of hydrogen-bond donors (Lipinski definition) is 2. The minimum Gasteiger partial charge on any atom is -0.504 e. The minimum absolute atomic E-state index is 0.102. The van der Waals surface area contributed by atoms with Crippen LogP contribution in [0.2, 0.25) is 0 Å². The number of aromatic hydroxyl groups is 1. The molecule has 35 heavy (non-hydrogen) atoms. The number of ether oxygens (including phenoxy) is 2. The number of phenols is 1. The van der Waals surface area contributed by atoms with Crippen LogP contribution >= 0.6 is 0 Å². The molecule has 2 saturated carbocycles. The van der Waals surface area contributed by atoms with Gasteiger partial charge in [0.15, 0.2) is 11.5 Å². The second-order valence-electron chi connectivity index (χ2n) is 13.5. The molecular weight excluding hydrogens is 438 g/mol. The molecule has 2 N–H and O–H groups in total. The van der Waals surface area contributed by atoms with Crippen LogP contribution < -0.4 is 4.74 Å². The van der Waals surface area contributed by atoms with Crippen molar-refractivity contribution < 1.29 is 19.7 Å². The second-order valence-corrected chi connectivity index (χ2v) is 13.5. The normalized spacial score (nSPS) is 42.5. The highest BCUT2D eigenvalue weighted by molar-refractivity contribution is 5.65. The molecule has 2 aliphatic heterocycles. The molecule has 1 aromatic rings. The molecule has 1 aromatic carbocycles. The molecular formula is C30H41NO4. The third-order valence-corrected chi connectivity index (χ3v) is 11.5. The van der Waals surface area contributed by atoms with Crippen molar-refractivity contribution in [2.45, 2.75) is 95.0 Å². The fourth-order valence-electron chi connectivity index (χ4n) is 9.62. The molecule has 7 aliphatic rings. The molecule has 8 rings (SSSR count). The maximum absolute atomic E-state index is 12.5. The maximum atomic E-state index is 12.5. The lowest BCUT2D eigenvalue weighted by Crippen LogP contribution is -2.81. The lowest BCUT2D eigenvalue weighted by atomic mass is 9.35. The van der Waals surface area contributed by atoms with Gasteiger partial charge < -0.3 is 19.7 Å². The van der Waals surface area contributed by atoms with E-state index in [0.717, 1.165) is 31.7 Å². The smallest absolute Gasteiger partial charge is 0.165 e. The van der Waals surface area contributed by atoms with Crippen LogP contribution in [0.5, 0.6) is 11.5 Å². The summed E-state index contributed by atoms with van der Waals surface area (Å²) in [6, 6.07) is 4.34. The molecule has 3 fully saturated rings. The van der Waals surface area contributed by atoms with Crippen LogP contribution in [0.15, 0.2) is 24.3 Å². The summed E-state index contributed by atoms with van der Waals surface area (Å²) in [6.45, 7) is 10.8. The number of likely N-dealkylation sites (tertiary alicyclic amines) is 1. The van der Waals surface area contributed by atoms with E-state index >= 15 is 0 Å². The van der Waals surface area contributed by atoms with Crippen LogP contribution in [-0.2, 0) is 16.6 Å². The minimum atomic E-state index is -0.918. The van der Waals surface area contributed by atoms with E-state index in [1.807, 2.05) is 6.07 Å². The largest absolute Gasteiger partial charge is 0.504 e. The number of rotatable bonds is 5. The number of aliphatic hydroxyl groups is 1. The number of hydrogen-bond acceptors (Lipinski definition) is 5. The zero-order chi connectivity index (χ0) is 24.6. The summed E-state index contributed by atoms with van der Waals surface area (Å²) in [7, 11) is 1.79. The quantitative estimate of drug-likeness (QED) is 0.606. The number of fused-ring (bicyclic) bond motifs is 1. The van der Waals surface area contributed by atoms with Gasteiger partial charge in [0.2, 0.25) is 0 Å². The molecule has 5 nitrogen and oxygen atoms in total. The first-order chi connectivity index (χ1) is 16.6. The van der Waals surface area contributed by atoms with Gasteiger partial charge in [0.05, 0.1) is 11.0 Å². The summed E-state index contributed by atoms with van der Waals surface area (Å²) in [6.07, 6.45) is 10.7. The van der Waals surface area contributed by atoms with Gasteiger partial charge in [0.1, 0.15) is 11.7 Å². The zero-order valence-electron chi connectivity index (χ0n) is 21.9. The summed E-state index contributed by atoms with van der Waals surface area (Å²) in [5.74, 6) is 1.65. The summed E-state index contributed by atoms with van der Waals surface area (Å²) in [5.41, 5.74) is 0.223. The predicted octanol–water partition coefficient (Wildman–Crippen LogP) is 4.58. The Balaban J connectivity index is 1.49. The molecule has 2 spiro atoms. The zero-order valence-corrected chi connectivity index (χ0v) is 21.9. The standard InChI is InChI=1S/C30H41NO4/c1-6-30(33,26(2,3)4)21-16-27-11-12-29(21,34-5)25-28(27)13-14-31(17-18-7-8-18)22(27)15-19-9-10-20(32)24(35-25)23(19)28/h9-12,18,21-22,25,32-33H,6-8,13-17H2,1-5H3/t21-,22+,25+,27+,28-,29+,30-/m0/s1. The lowest BCUT2D eigenvalue weighted by Gasteiger charge is -2.73. The summed E-state index contributed by atoms with van der Waals surface area (Å²) < 4.78 is 13.4. The van der Waals surface area contributed by atoms with Crippen molar-refractivity contribution in [1.29, 1.82) is 0 Å². The Labute approximate surface area is 209 Å². The molecule has 7 atom stereocenters. The van der Waals surface area contributed by atoms with E-state index in [-0.39, 0.29) is 34.0 Å². The van der Waals surface area contributed by atoms with Gasteiger partial charge in [-0.3, -0.25) is 4.90 Å². The average molecular weight is 480 g/mol. The molecule has 1 saturated heterocycles. The highest BCUT2D eigenvalue weighted by Gasteiger charge is 2.81. The van der Waals surface area contributed by atoms with Crippen LogP contribution in [0, 0.1) is 22.7 Å². The van der Waals surface area contributed by atoms with Crippen molar-refractivity contribution in [2.75, 3.05) is 20.2 Å². The first kappa shape index (κ1) is 22.6. The molecule has 0 aromatic heterocycles. The topological polar surface area (TPSA) is 62.2 Å². The Bertz CT molecular complexity index is 1120. The van der Waals surface area contributed by atoms with E-state index < -0.39 is 11.2 Å². The van der Waals surface area contributed by atoms with Crippen molar-refractivity contribution >= 4 is 0 Å². The summed E-state index contributed by atoms with van der Waals surface area (Å²) in [5, 5.41) is 23.5. The van der Waals surface area contributed by atoms with E-state index in [2.05, 4.69) is 50.8 Å². The number of benzene rings is 1. The van der Waals surface area contributed by atoms with Crippen molar-refractivity contribution in [3.05, 3.63) is 35.4 Å². The van der Waals surface area contributed by atoms with Crippen LogP contribution in [-0.4, -0.2) is 58.7 Å². The van der Waals surface area contributed by atoms with Gasteiger partial charge in [-0.25, -0.2) is 0 Å². The number of methoxy groups -OCH3 is 1. The Kier molecular flexibility index (Phi) is 4.30. The van der Waals surface area contributed by atoms with Gasteiger partial charge in [0, 0.05) is 36.6 Å². The van der Waals surface area contributed by atoms with Crippen LogP contribution in [0.1, 0.15) is 70.9 Å². The first-order valence-corrected chi connectivity index (χ1v) is 13.8. The molecule has 5 aliphatic carbocycles. The Morgan fingerprint density at radius 1 is 1.20 bits per heavy atom. The molecule has 4 bridgehead atoms. The van der Waals surface area contributed by atoms with Crippen LogP contribution in [0.4, 0.5) is 0 Å². The SMILES string of the molecule is CC[C@](O)([C@H]1C[C@@]23C=C[C@]1(OC)[C@@H]1Oc4c(O)ccc5c4[C@@]12CCN(CC1CC1)[C@@H]3C5)C(C)(C)C. The van der Waals surface area contributed by atoms with Gasteiger partial charge in [-0.1, -0.05) is 45.9 Å². The molecule has 2 heterocycles. The monoisotopic (exact) mass is 479 g/mol. The molecule has 5 heteroatoms. The first-order valence-electron chi connectivity index (χ1n) is 13.8. The summed E-state index contributed by atoms with van der Waals surface area (Å²) in [4.78, 5) is 2.78. The average Bonchev–Trinajstić information content (AvgIpc) is 3.57. The fraction of sp³-hybridized carbons (Fsp3) is 0.733. The number of nitrogens with zero attached hydrogens (tertiary/aromatic N) is 1. The Morgan fingerprint density at radius 2 is 1.97 bits per heavy atom. The van der Waals surface area contributed by atoms with Gasteiger partial charge in [-0.05, 0) is 68.0 Å². The number of phenolic OH excluding ortho intramolecular Hbond substituents is 1. The van der Waals surface area contributed by atoms with Gasteiger partial charge in [-0.2, -0.15) is 0 Å². The van der Waals surface area contributed by atoms with Crippen molar-refractivity contribution in [2.24, 2.45) is 22.7 Å². The second kappa shape index (κ2) is 6.65. The van der Waals surface area contributed by atoms with Gasteiger partial charge >= 0.3 is 0 Å². The summed E-state index contributed by atoms with van der Waals surface area (Å²) >= 11 is 0. The van der Waals surface area contributed by atoms with E-state index in [1.165, 1.54) is 30.5 Å². The lowest BCUT2D eigenvalue weighted by molar-refractivity contribution is -0.267. The highest BCUT2D eigenvalue weighted by Crippen LogP contribution is 2.76. The Morgan fingerprint density at radius 3 is 2.63 bits per heavy atom. The van der Waals surface area contributed by atoms with Crippen molar-refractivity contribution in [3.63, 3.8) is 0 Å². The van der Waals surface area contributed by atoms with Crippen LogP contribution in [0.25, 0.3) is 0 Å². The van der Waals surface area contributed by atoms with Gasteiger partial charge in [-0.15, -0.1) is 0 Å². The third-order valence-electron chi connectivity index (χ3n) is 11.5. The fourth-order valence-corrected chi connectivity index (χ4v) is 9.62. The molecule has 0 unspecified atom stereocenters. The van der Waals surface area contributed by atoms with Crippen molar-refractivity contribution in [1.82, 2.24) is 4.90 Å². The predicted molar refractivity (Wildman–Crippen MR) is 135 cm³/mol. The van der Waals surface area contributed by atoms with Gasteiger partial charge in [0.25, 0.3) is 0 Å². The molecule has 0 amide bonds. The third kappa shape index (κ3) is 2.38. The van der Waals surface area contributed by atoms with E-state index in [1.54, 1.807) is 7.11 Å². The molecule has 190 valence electrons. The number of piperidine rings is 1.